The number of halogens is 2. The van der Waals surface area contributed by atoms with Crippen molar-refractivity contribution in [2.24, 2.45) is 11.7 Å². The molecule has 0 aliphatic heterocycles. The van der Waals surface area contributed by atoms with Gasteiger partial charge in [0.2, 0.25) is 0 Å². The summed E-state index contributed by atoms with van der Waals surface area (Å²) in [6.07, 6.45) is 4.62. The average molecular weight is 467 g/mol. The Morgan fingerprint density at radius 1 is 1.19 bits per heavy atom. The van der Waals surface area contributed by atoms with E-state index in [0.29, 0.717) is 42.4 Å². The van der Waals surface area contributed by atoms with Crippen molar-refractivity contribution in [1.29, 1.82) is 0 Å². The van der Waals surface area contributed by atoms with Crippen molar-refractivity contribution in [2.75, 3.05) is 12.8 Å². The number of primary amides is 1. The van der Waals surface area contributed by atoms with E-state index in [-0.39, 0.29) is 18.0 Å². The molecule has 9 heteroatoms. The lowest BCUT2D eigenvalue weighted by atomic mass is 9.91. The fraction of sp³-hybridized carbons (Fsp3) is 0.478. The summed E-state index contributed by atoms with van der Waals surface area (Å²) in [5.74, 6) is -3.14. The number of nitrogens with two attached hydrogens (primary N) is 1. The minimum Gasteiger partial charge on any atom is -0.363 e. The third kappa shape index (κ3) is 7.04. The lowest BCUT2D eigenvalue weighted by molar-refractivity contribution is -0.114. The predicted octanol–water partition coefficient (Wildman–Crippen LogP) is 4.92. The zero-order valence-corrected chi connectivity index (χ0v) is 19.6. The first-order valence-electron chi connectivity index (χ1n) is 10.7. The van der Waals surface area contributed by atoms with E-state index >= 15 is 0 Å². The van der Waals surface area contributed by atoms with Gasteiger partial charge in [0, 0.05) is 30.1 Å². The van der Waals surface area contributed by atoms with E-state index < -0.39 is 31.4 Å². The third-order valence-corrected chi connectivity index (χ3v) is 6.54. The van der Waals surface area contributed by atoms with Gasteiger partial charge in [-0.1, -0.05) is 20.3 Å². The van der Waals surface area contributed by atoms with Gasteiger partial charge in [0.15, 0.2) is 6.16 Å². The van der Waals surface area contributed by atoms with Crippen LogP contribution >= 0.6 is 8.03 Å². The van der Waals surface area contributed by atoms with Crippen LogP contribution in [0.2, 0.25) is 0 Å². The molecule has 174 valence electrons. The summed E-state index contributed by atoms with van der Waals surface area (Å²) in [6, 6.07) is 3.24. The summed E-state index contributed by atoms with van der Waals surface area (Å²) in [6.45, 7) is 6.32. The number of Topliss-reactive ketones (excluding diaryl/α,β-unsaturated/α-hetero) is 1. The number of rotatable bonds is 13. The number of ketones is 1. The van der Waals surface area contributed by atoms with E-state index in [9.17, 15) is 22.9 Å². The summed E-state index contributed by atoms with van der Waals surface area (Å²) in [4.78, 5) is 24.1. The van der Waals surface area contributed by atoms with Crippen molar-refractivity contribution >= 4 is 19.7 Å². The zero-order chi connectivity index (χ0) is 23.8. The van der Waals surface area contributed by atoms with Crippen molar-refractivity contribution in [3.8, 4) is 0 Å². The van der Waals surface area contributed by atoms with Gasteiger partial charge in [-0.2, -0.15) is 0 Å². The van der Waals surface area contributed by atoms with Crippen LogP contribution in [0.4, 0.5) is 8.78 Å². The predicted molar refractivity (Wildman–Crippen MR) is 119 cm³/mol. The molecule has 2 rings (SSSR count). The Morgan fingerprint density at radius 2 is 1.84 bits per heavy atom. The molecule has 1 heterocycles. The maximum Gasteiger partial charge on any atom is 0.508 e. The van der Waals surface area contributed by atoms with Crippen LogP contribution < -0.4 is 5.73 Å². The molecule has 0 spiro atoms. The maximum atomic E-state index is 13.6. The molecule has 32 heavy (non-hydrogen) atoms. The summed E-state index contributed by atoms with van der Waals surface area (Å²) < 4.78 is 46.2. The first-order chi connectivity index (χ1) is 15.2. The second-order valence-corrected chi connectivity index (χ2v) is 9.23. The van der Waals surface area contributed by atoms with Crippen LogP contribution in [-0.4, -0.2) is 29.0 Å². The van der Waals surface area contributed by atoms with Crippen molar-refractivity contribution < 1.29 is 27.5 Å². The number of carbonyl (C=O) groups excluding carboxylic acids is 2. The van der Waals surface area contributed by atoms with Crippen molar-refractivity contribution in [3.05, 3.63) is 58.4 Å². The van der Waals surface area contributed by atoms with E-state index in [0.717, 1.165) is 18.9 Å². The second-order valence-electron chi connectivity index (χ2n) is 7.86. The van der Waals surface area contributed by atoms with Crippen molar-refractivity contribution in [1.82, 2.24) is 4.57 Å². The Kier molecular flexibility index (Phi) is 9.66. The number of amides is 1. The number of benzene rings is 1. The molecule has 6 nitrogen and oxygen atoms in total. The van der Waals surface area contributed by atoms with Crippen LogP contribution in [0.3, 0.4) is 0 Å². The highest BCUT2D eigenvalue weighted by molar-refractivity contribution is 7.39. The van der Waals surface area contributed by atoms with Gasteiger partial charge in [0.1, 0.15) is 18.2 Å². The van der Waals surface area contributed by atoms with Gasteiger partial charge in [-0.3, -0.25) is 9.59 Å². The van der Waals surface area contributed by atoms with E-state index in [1.807, 2.05) is 13.8 Å². The smallest absolute Gasteiger partial charge is 0.363 e. The molecule has 2 atom stereocenters. The summed E-state index contributed by atoms with van der Waals surface area (Å²) >= 11 is 0. The fourth-order valence-electron chi connectivity index (χ4n) is 3.63. The molecule has 2 N–H and O–H groups in total. The Hall–Kier alpha value is -2.44. The Bertz CT molecular complexity index is 970. The summed E-state index contributed by atoms with van der Waals surface area (Å²) in [5.41, 5.74) is 7.21. The molecule has 1 aromatic heterocycles. The van der Waals surface area contributed by atoms with Crippen LogP contribution in [0.15, 0.2) is 24.4 Å². The number of hydrogen-bond acceptors (Lipinski definition) is 4. The topological polar surface area (TPSA) is 91.4 Å². The van der Waals surface area contributed by atoms with Gasteiger partial charge in [0.05, 0.1) is 0 Å². The average Bonchev–Trinajstić information content (AvgIpc) is 3.03. The SMILES string of the molecule is CCCO[P+](=O)CCC(CC)Cc1c(C(=O)C(N)=O)cn(Cc2cc(F)cc(F)c2)c1C. The van der Waals surface area contributed by atoms with Crippen LogP contribution in [0, 0.1) is 24.5 Å². The molecule has 0 bridgehead atoms. The number of carbonyl (C=O) groups is 2. The number of aromatic nitrogens is 1. The minimum absolute atomic E-state index is 0.111. The van der Waals surface area contributed by atoms with E-state index in [2.05, 4.69) is 0 Å². The first-order valence-corrected chi connectivity index (χ1v) is 12.1. The van der Waals surface area contributed by atoms with Crippen molar-refractivity contribution in [2.45, 2.75) is 53.0 Å². The van der Waals surface area contributed by atoms with Gasteiger partial charge in [0.25, 0.3) is 11.7 Å². The molecule has 1 aromatic carbocycles. The largest absolute Gasteiger partial charge is 0.508 e. The quantitative estimate of drug-likeness (QED) is 0.257. The minimum atomic E-state index is -1.74. The number of nitrogens with zero attached hydrogens (tertiary/aromatic N) is 1. The lowest BCUT2D eigenvalue weighted by Crippen LogP contribution is -2.24. The molecular formula is C23H30F2N2O4P+. The van der Waals surface area contributed by atoms with Crippen LogP contribution in [0.1, 0.15) is 60.3 Å². The molecule has 2 unspecified atom stereocenters. The van der Waals surface area contributed by atoms with Crippen molar-refractivity contribution in [3.63, 3.8) is 0 Å². The van der Waals surface area contributed by atoms with Crippen LogP contribution in [0.5, 0.6) is 0 Å². The molecule has 0 aliphatic rings. The highest BCUT2D eigenvalue weighted by Crippen LogP contribution is 2.30. The standard InChI is InChI=1S/C23H29F2N2O4P/c1-4-7-31-32(30)8-6-16(5-2)11-20-15(3)27(14-21(20)22(28)23(26)29)13-17-9-18(24)12-19(25)10-17/h9-10,12,14,16H,4-8,11,13H2,1-3H3,(H-,26,29)/p+1. The molecule has 1 amide bonds. The van der Waals surface area contributed by atoms with Gasteiger partial charge in [-0.25, -0.2) is 8.78 Å². The van der Waals surface area contributed by atoms with E-state index in [1.165, 1.54) is 18.3 Å². The molecular weight excluding hydrogens is 437 g/mol. The van der Waals surface area contributed by atoms with Crippen LogP contribution in [0.25, 0.3) is 0 Å². The molecule has 0 aliphatic carbocycles. The van der Waals surface area contributed by atoms with E-state index in [4.69, 9.17) is 10.3 Å². The van der Waals surface area contributed by atoms with Gasteiger partial charge >= 0.3 is 8.03 Å². The van der Waals surface area contributed by atoms with Gasteiger partial charge < -0.3 is 10.3 Å². The molecule has 0 radical (unpaired) electrons. The zero-order valence-electron chi connectivity index (χ0n) is 18.7. The Labute approximate surface area is 188 Å². The van der Waals surface area contributed by atoms with Gasteiger partial charge in [-0.15, -0.1) is 4.52 Å². The third-order valence-electron chi connectivity index (χ3n) is 5.45. The lowest BCUT2D eigenvalue weighted by Gasteiger charge is -2.14. The highest BCUT2D eigenvalue weighted by Gasteiger charge is 2.26. The monoisotopic (exact) mass is 467 g/mol. The molecule has 0 fully saturated rings. The molecule has 0 saturated heterocycles. The first kappa shape index (κ1) is 25.8. The Balaban J connectivity index is 2.29. The highest BCUT2D eigenvalue weighted by atomic mass is 31.1. The normalized spacial score (nSPS) is 12.6. The maximum absolute atomic E-state index is 13.6. The fourth-order valence-corrected chi connectivity index (χ4v) is 4.72. The van der Waals surface area contributed by atoms with Gasteiger partial charge in [-0.05, 0) is 59.9 Å². The molecule has 0 saturated carbocycles. The summed E-state index contributed by atoms with van der Waals surface area (Å²) in [7, 11) is -1.74. The Morgan fingerprint density at radius 3 is 2.41 bits per heavy atom. The molecule has 2 aromatic rings. The number of hydrogen-bond donors (Lipinski definition) is 1. The second kappa shape index (κ2) is 12.0. The summed E-state index contributed by atoms with van der Waals surface area (Å²) in [5, 5.41) is 0. The van der Waals surface area contributed by atoms with E-state index in [1.54, 1.807) is 11.5 Å². The van der Waals surface area contributed by atoms with Crippen LogP contribution in [-0.2, 0) is 26.8 Å².